The predicted octanol–water partition coefficient (Wildman–Crippen LogP) is 7.50. The first-order valence-electron chi connectivity index (χ1n) is 12.0. The lowest BCUT2D eigenvalue weighted by Crippen LogP contribution is -2.44. The summed E-state index contributed by atoms with van der Waals surface area (Å²) in [6.45, 7) is 13.8. The van der Waals surface area contributed by atoms with Crippen LogP contribution in [-0.2, 0) is 4.74 Å². The van der Waals surface area contributed by atoms with Crippen LogP contribution >= 0.6 is 0 Å². The van der Waals surface area contributed by atoms with Crippen molar-refractivity contribution in [2.75, 3.05) is 0 Å². The van der Waals surface area contributed by atoms with Crippen molar-refractivity contribution in [2.24, 2.45) is 22.7 Å². The SMILES string of the molecule is CC(C)(C)C1CC=C(C2(OC(=O)c3ccc([N+](=O)[O-])cc3)CCC(C(C)(C)C)CC2)CC1. The van der Waals surface area contributed by atoms with E-state index in [1.54, 1.807) is 0 Å². The Morgan fingerprint density at radius 3 is 1.97 bits per heavy atom. The molecule has 1 unspecified atom stereocenters. The highest BCUT2D eigenvalue weighted by Crippen LogP contribution is 2.49. The summed E-state index contributed by atoms with van der Waals surface area (Å²) < 4.78 is 6.31. The third-order valence-electron chi connectivity index (χ3n) is 7.84. The third-order valence-corrected chi connectivity index (χ3v) is 7.84. The zero-order valence-corrected chi connectivity index (χ0v) is 20.6. The van der Waals surface area contributed by atoms with Crippen molar-refractivity contribution >= 4 is 11.7 Å². The number of nitro groups is 1. The largest absolute Gasteiger partial charge is 0.451 e. The Morgan fingerprint density at radius 1 is 0.969 bits per heavy atom. The van der Waals surface area contributed by atoms with E-state index in [1.807, 2.05) is 0 Å². The van der Waals surface area contributed by atoms with Crippen molar-refractivity contribution in [3.63, 3.8) is 0 Å². The molecule has 2 aliphatic rings. The first kappa shape index (κ1) is 24.5. The van der Waals surface area contributed by atoms with Gasteiger partial charge in [-0.15, -0.1) is 0 Å². The van der Waals surface area contributed by atoms with Crippen LogP contribution in [0.2, 0.25) is 0 Å². The van der Waals surface area contributed by atoms with Gasteiger partial charge in [-0.05, 0) is 85.3 Å². The molecule has 0 bridgehead atoms. The zero-order valence-electron chi connectivity index (χ0n) is 20.6. The van der Waals surface area contributed by atoms with Crippen molar-refractivity contribution in [2.45, 2.75) is 92.1 Å². The first-order chi connectivity index (χ1) is 14.8. The van der Waals surface area contributed by atoms with Crippen molar-refractivity contribution < 1.29 is 14.5 Å². The zero-order chi connectivity index (χ0) is 23.7. The highest BCUT2D eigenvalue weighted by molar-refractivity contribution is 5.90. The Balaban J connectivity index is 1.84. The van der Waals surface area contributed by atoms with Gasteiger partial charge in [0.05, 0.1) is 10.5 Å². The van der Waals surface area contributed by atoms with Crippen LogP contribution in [-0.4, -0.2) is 16.5 Å². The molecule has 0 N–H and O–H groups in total. The Hall–Kier alpha value is -2.17. The number of ether oxygens (including phenoxy) is 1. The number of carbonyl (C=O) groups excluding carboxylic acids is 1. The van der Waals surface area contributed by atoms with Gasteiger partial charge in [0.2, 0.25) is 0 Å². The first-order valence-corrected chi connectivity index (χ1v) is 12.0. The number of nitro benzene ring substituents is 1. The summed E-state index contributed by atoms with van der Waals surface area (Å²) in [4.78, 5) is 23.6. The number of benzene rings is 1. The molecule has 2 aliphatic carbocycles. The average molecular weight is 442 g/mol. The number of allylic oxidation sites excluding steroid dienone is 1. The lowest BCUT2D eigenvalue weighted by molar-refractivity contribution is -0.384. The van der Waals surface area contributed by atoms with Crippen LogP contribution < -0.4 is 0 Å². The maximum atomic E-state index is 13.1. The fraction of sp³-hybridized carbons (Fsp3) is 0.667. The van der Waals surface area contributed by atoms with Gasteiger partial charge in [0.25, 0.3) is 5.69 Å². The van der Waals surface area contributed by atoms with E-state index < -0.39 is 10.5 Å². The minimum atomic E-state index is -0.552. The average Bonchev–Trinajstić information content (AvgIpc) is 2.73. The summed E-state index contributed by atoms with van der Waals surface area (Å²) in [5.74, 6) is 0.868. The minimum Gasteiger partial charge on any atom is -0.451 e. The normalized spacial score (nSPS) is 26.9. The van der Waals surface area contributed by atoms with Crippen LogP contribution in [0, 0.1) is 32.8 Å². The fourth-order valence-electron chi connectivity index (χ4n) is 5.43. The molecule has 0 saturated heterocycles. The molecule has 1 fully saturated rings. The summed E-state index contributed by atoms with van der Waals surface area (Å²) in [7, 11) is 0. The maximum Gasteiger partial charge on any atom is 0.339 e. The van der Waals surface area contributed by atoms with Gasteiger partial charge in [-0.1, -0.05) is 47.6 Å². The van der Waals surface area contributed by atoms with Gasteiger partial charge in [-0.3, -0.25) is 10.1 Å². The Kier molecular flexibility index (Phi) is 6.88. The van der Waals surface area contributed by atoms with Gasteiger partial charge in [0, 0.05) is 12.1 Å². The van der Waals surface area contributed by atoms with Crippen LogP contribution in [0.25, 0.3) is 0 Å². The molecule has 3 rings (SSSR count). The highest BCUT2D eigenvalue weighted by atomic mass is 16.6. The lowest BCUT2D eigenvalue weighted by Gasteiger charge is -2.46. The van der Waals surface area contributed by atoms with E-state index in [0.29, 0.717) is 17.4 Å². The number of esters is 1. The van der Waals surface area contributed by atoms with Crippen LogP contribution in [0.1, 0.15) is 96.8 Å². The van der Waals surface area contributed by atoms with Crippen LogP contribution in [0.15, 0.2) is 35.9 Å². The molecule has 5 nitrogen and oxygen atoms in total. The molecular formula is C27H39NO4. The van der Waals surface area contributed by atoms with Gasteiger partial charge >= 0.3 is 5.97 Å². The van der Waals surface area contributed by atoms with Crippen LogP contribution in [0.3, 0.4) is 0 Å². The number of carbonyl (C=O) groups is 1. The Labute approximate surface area is 192 Å². The van der Waals surface area contributed by atoms with Crippen LogP contribution in [0.5, 0.6) is 0 Å². The Morgan fingerprint density at radius 2 is 1.53 bits per heavy atom. The molecule has 0 aliphatic heterocycles. The molecule has 32 heavy (non-hydrogen) atoms. The number of rotatable bonds is 4. The van der Waals surface area contributed by atoms with E-state index in [0.717, 1.165) is 44.9 Å². The molecule has 0 spiro atoms. The predicted molar refractivity (Wildman–Crippen MR) is 128 cm³/mol. The molecule has 1 aromatic carbocycles. The van der Waals surface area contributed by atoms with Crippen molar-refractivity contribution in [3.8, 4) is 0 Å². The van der Waals surface area contributed by atoms with E-state index in [1.165, 1.54) is 29.8 Å². The lowest BCUT2D eigenvalue weighted by atomic mass is 9.64. The van der Waals surface area contributed by atoms with Gasteiger partial charge in [-0.25, -0.2) is 4.79 Å². The topological polar surface area (TPSA) is 69.4 Å². The maximum absolute atomic E-state index is 13.1. The Bertz CT molecular complexity index is 862. The smallest absolute Gasteiger partial charge is 0.339 e. The number of hydrogen-bond acceptors (Lipinski definition) is 4. The van der Waals surface area contributed by atoms with Gasteiger partial charge in [0.15, 0.2) is 0 Å². The molecule has 5 heteroatoms. The van der Waals surface area contributed by atoms with Gasteiger partial charge < -0.3 is 4.74 Å². The van der Waals surface area contributed by atoms with E-state index >= 15 is 0 Å². The molecule has 1 saturated carbocycles. The summed E-state index contributed by atoms with van der Waals surface area (Å²) in [6, 6.07) is 5.74. The van der Waals surface area contributed by atoms with Crippen molar-refractivity contribution in [1.29, 1.82) is 0 Å². The summed E-state index contributed by atoms with van der Waals surface area (Å²) in [6.07, 6.45) is 9.23. The molecule has 1 atom stereocenters. The van der Waals surface area contributed by atoms with Crippen LogP contribution in [0.4, 0.5) is 5.69 Å². The fourth-order valence-corrected chi connectivity index (χ4v) is 5.43. The van der Waals surface area contributed by atoms with E-state index in [9.17, 15) is 14.9 Å². The molecule has 0 radical (unpaired) electrons. The molecule has 1 aromatic rings. The molecular weight excluding hydrogens is 402 g/mol. The summed E-state index contributed by atoms with van der Waals surface area (Å²) in [5, 5.41) is 10.9. The number of nitrogens with zero attached hydrogens (tertiary/aromatic N) is 1. The van der Waals surface area contributed by atoms with E-state index in [2.05, 4.69) is 47.6 Å². The van der Waals surface area contributed by atoms with Crippen molar-refractivity contribution in [3.05, 3.63) is 51.6 Å². The molecule has 0 amide bonds. The molecule has 176 valence electrons. The second-order valence-corrected chi connectivity index (χ2v) is 11.9. The quantitative estimate of drug-likeness (QED) is 0.210. The second-order valence-electron chi connectivity index (χ2n) is 11.9. The van der Waals surface area contributed by atoms with E-state index in [-0.39, 0.29) is 22.5 Å². The van der Waals surface area contributed by atoms with E-state index in [4.69, 9.17) is 4.74 Å². The standard InChI is InChI=1S/C27H39NO4/c1-25(2,3)20-9-11-22(12-10-20)27(17-15-21(16-18-27)26(4,5)6)32-24(29)19-7-13-23(14-8-19)28(30)31/h7-8,11,13-14,20-21H,9-10,12,15-18H2,1-6H3. The minimum absolute atomic E-state index is 0.0230. The van der Waals surface area contributed by atoms with Gasteiger partial charge in [-0.2, -0.15) is 0 Å². The second kappa shape index (κ2) is 8.99. The number of non-ortho nitro benzene ring substituents is 1. The number of hydrogen-bond donors (Lipinski definition) is 0. The monoisotopic (exact) mass is 441 g/mol. The summed E-state index contributed by atoms with van der Waals surface area (Å²) in [5.41, 5.74) is 1.59. The van der Waals surface area contributed by atoms with Crippen molar-refractivity contribution in [1.82, 2.24) is 0 Å². The molecule has 0 heterocycles. The third kappa shape index (κ3) is 5.41. The molecule has 0 aromatic heterocycles. The van der Waals surface area contributed by atoms with Gasteiger partial charge in [0.1, 0.15) is 5.60 Å². The summed E-state index contributed by atoms with van der Waals surface area (Å²) >= 11 is 0. The highest BCUT2D eigenvalue weighted by Gasteiger charge is 2.45.